The fourth-order valence-corrected chi connectivity index (χ4v) is 3.78. The van der Waals surface area contributed by atoms with Gasteiger partial charge in [-0.05, 0) is 37.6 Å². The molecule has 2 aromatic rings. The second-order valence-corrected chi connectivity index (χ2v) is 6.47. The summed E-state index contributed by atoms with van der Waals surface area (Å²) in [4.78, 5) is 0. The van der Waals surface area contributed by atoms with E-state index in [9.17, 15) is 0 Å². The van der Waals surface area contributed by atoms with Gasteiger partial charge in [0.1, 0.15) is 17.1 Å². The highest BCUT2D eigenvalue weighted by Crippen LogP contribution is 2.42. The summed E-state index contributed by atoms with van der Waals surface area (Å²) in [7, 11) is 6.59. The minimum absolute atomic E-state index is 0.630. The lowest BCUT2D eigenvalue weighted by molar-refractivity contribution is 0.0414. The molecule has 0 aromatic heterocycles. The number of hydrogen-bond donors (Lipinski definition) is 0. The summed E-state index contributed by atoms with van der Waals surface area (Å²) in [6, 6.07) is 11.6. The summed E-state index contributed by atoms with van der Waals surface area (Å²) in [6.45, 7) is 4.00. The zero-order chi connectivity index (χ0) is 20.3. The maximum Gasteiger partial charge on any atom is 0.161 e. The third-order valence-electron chi connectivity index (χ3n) is 5.29. The van der Waals surface area contributed by atoms with E-state index in [0.29, 0.717) is 17.9 Å². The largest absolute Gasteiger partial charge is 0.496 e. The Hall–Kier alpha value is -2.86. The lowest BCUT2D eigenvalue weighted by Gasteiger charge is -2.33. The van der Waals surface area contributed by atoms with Gasteiger partial charge in [-0.15, -0.1) is 5.10 Å². The highest BCUT2D eigenvalue weighted by molar-refractivity contribution is 6.16. The first-order valence-corrected chi connectivity index (χ1v) is 9.14. The van der Waals surface area contributed by atoms with Gasteiger partial charge in [0, 0.05) is 23.8 Å². The molecule has 0 aliphatic carbocycles. The number of fused-ring (bicyclic) bond motifs is 1. The van der Waals surface area contributed by atoms with Crippen LogP contribution in [0.25, 0.3) is 0 Å². The van der Waals surface area contributed by atoms with E-state index in [0.717, 1.165) is 33.9 Å². The molecule has 6 nitrogen and oxygen atoms in total. The predicted octanol–water partition coefficient (Wildman–Crippen LogP) is 4.19. The highest BCUT2D eigenvalue weighted by Gasteiger charge is 2.41. The van der Waals surface area contributed by atoms with Crippen molar-refractivity contribution in [2.75, 3.05) is 28.4 Å². The summed E-state index contributed by atoms with van der Waals surface area (Å²) in [5.41, 5.74) is 3.49. The van der Waals surface area contributed by atoms with Crippen LogP contribution in [0.15, 0.2) is 46.6 Å². The van der Waals surface area contributed by atoms with Crippen molar-refractivity contribution in [1.29, 1.82) is 0 Å². The number of hydrogen-bond acceptors (Lipinski definition) is 6. The molecular weight excluding hydrogens is 356 g/mol. The topological polar surface area (TPSA) is 61.6 Å². The normalized spacial score (nSPS) is 18.5. The van der Waals surface area contributed by atoms with Crippen molar-refractivity contribution < 1.29 is 18.9 Å². The lowest BCUT2D eigenvalue weighted by Crippen LogP contribution is -2.37. The van der Waals surface area contributed by atoms with Gasteiger partial charge in [0.15, 0.2) is 11.5 Å². The maximum atomic E-state index is 6.03. The average molecular weight is 382 g/mol. The standard InChI is InChI=1S/C22H26N2O4/c1-7-22(28-6)14(2)23-24-21(16-9-8-10-18(26-4)20(16)22)15-11-12-17(25-3)19(13-15)27-5/h8-13H,7H2,1-6H3. The number of rotatable bonds is 6. The molecule has 0 N–H and O–H groups in total. The average Bonchev–Trinajstić information content (AvgIpc) is 2.87. The molecule has 0 bridgehead atoms. The Kier molecular flexibility index (Phi) is 5.70. The second-order valence-electron chi connectivity index (χ2n) is 6.47. The van der Waals surface area contributed by atoms with Crippen LogP contribution in [0.3, 0.4) is 0 Å². The summed E-state index contributed by atoms with van der Waals surface area (Å²) in [6.07, 6.45) is 0.695. The molecular formula is C22H26N2O4. The zero-order valence-electron chi connectivity index (χ0n) is 17.2. The third-order valence-corrected chi connectivity index (χ3v) is 5.29. The van der Waals surface area contributed by atoms with Crippen LogP contribution in [-0.4, -0.2) is 39.9 Å². The van der Waals surface area contributed by atoms with Crippen LogP contribution >= 0.6 is 0 Å². The van der Waals surface area contributed by atoms with Crippen molar-refractivity contribution in [1.82, 2.24) is 0 Å². The molecule has 0 spiro atoms. The quantitative estimate of drug-likeness (QED) is 0.752. The van der Waals surface area contributed by atoms with Crippen LogP contribution in [0.5, 0.6) is 17.2 Å². The van der Waals surface area contributed by atoms with Gasteiger partial charge in [-0.25, -0.2) is 0 Å². The first-order chi connectivity index (χ1) is 13.6. The van der Waals surface area contributed by atoms with Crippen LogP contribution in [0, 0.1) is 0 Å². The Bertz CT molecular complexity index is 930. The molecule has 2 aromatic carbocycles. The molecule has 1 heterocycles. The van der Waals surface area contributed by atoms with Gasteiger partial charge in [0.05, 0.1) is 27.0 Å². The maximum absolute atomic E-state index is 6.03. The van der Waals surface area contributed by atoms with Gasteiger partial charge in [-0.1, -0.05) is 19.1 Å². The minimum Gasteiger partial charge on any atom is -0.496 e. The van der Waals surface area contributed by atoms with Gasteiger partial charge in [0.25, 0.3) is 0 Å². The van der Waals surface area contributed by atoms with Crippen molar-refractivity contribution >= 4 is 11.4 Å². The third kappa shape index (κ3) is 3.03. The van der Waals surface area contributed by atoms with Crippen LogP contribution in [0.1, 0.15) is 37.0 Å². The van der Waals surface area contributed by atoms with Crippen LogP contribution in [0.4, 0.5) is 0 Å². The van der Waals surface area contributed by atoms with Crippen LogP contribution < -0.4 is 14.2 Å². The summed E-state index contributed by atoms with van der Waals surface area (Å²) in [5, 5.41) is 9.10. The van der Waals surface area contributed by atoms with E-state index in [-0.39, 0.29) is 0 Å². The summed E-state index contributed by atoms with van der Waals surface area (Å²) in [5.74, 6) is 2.03. The molecule has 0 fully saturated rings. The van der Waals surface area contributed by atoms with Gasteiger partial charge in [-0.3, -0.25) is 0 Å². The van der Waals surface area contributed by atoms with E-state index in [1.165, 1.54) is 0 Å². The Morgan fingerprint density at radius 3 is 2.18 bits per heavy atom. The molecule has 0 saturated heterocycles. The zero-order valence-corrected chi connectivity index (χ0v) is 17.2. The van der Waals surface area contributed by atoms with Crippen molar-refractivity contribution in [3.63, 3.8) is 0 Å². The second kappa shape index (κ2) is 8.02. The molecule has 28 heavy (non-hydrogen) atoms. The molecule has 1 aliphatic rings. The van der Waals surface area contributed by atoms with E-state index in [1.807, 2.05) is 43.3 Å². The summed E-state index contributed by atoms with van der Waals surface area (Å²) >= 11 is 0. The number of benzene rings is 2. The Morgan fingerprint density at radius 1 is 0.857 bits per heavy atom. The number of methoxy groups -OCH3 is 4. The molecule has 1 aliphatic heterocycles. The fraction of sp³-hybridized carbons (Fsp3) is 0.364. The van der Waals surface area contributed by atoms with Crippen LogP contribution in [-0.2, 0) is 10.3 Å². The van der Waals surface area contributed by atoms with Crippen molar-refractivity contribution in [3.05, 3.63) is 53.1 Å². The van der Waals surface area contributed by atoms with E-state index < -0.39 is 5.60 Å². The van der Waals surface area contributed by atoms with E-state index in [4.69, 9.17) is 18.9 Å². The van der Waals surface area contributed by atoms with E-state index in [1.54, 1.807) is 28.4 Å². The van der Waals surface area contributed by atoms with E-state index >= 15 is 0 Å². The first-order valence-electron chi connectivity index (χ1n) is 9.14. The SMILES string of the molecule is CCC1(OC)C(C)=NN=C(c2ccc(OC)c(OC)c2)c2cccc(OC)c21. The summed E-state index contributed by atoms with van der Waals surface area (Å²) < 4.78 is 22.6. The molecule has 148 valence electrons. The Balaban J connectivity index is 2.31. The van der Waals surface area contributed by atoms with Crippen LogP contribution in [0.2, 0.25) is 0 Å². The highest BCUT2D eigenvalue weighted by atomic mass is 16.5. The van der Waals surface area contributed by atoms with Gasteiger partial charge < -0.3 is 18.9 Å². The lowest BCUT2D eigenvalue weighted by atomic mass is 9.81. The molecule has 0 amide bonds. The van der Waals surface area contributed by atoms with Gasteiger partial charge in [-0.2, -0.15) is 5.10 Å². The predicted molar refractivity (Wildman–Crippen MR) is 110 cm³/mol. The Morgan fingerprint density at radius 2 is 1.57 bits per heavy atom. The molecule has 1 atom stereocenters. The minimum atomic E-state index is -0.719. The van der Waals surface area contributed by atoms with Gasteiger partial charge in [0.2, 0.25) is 0 Å². The number of ether oxygens (including phenoxy) is 4. The molecule has 0 saturated carbocycles. The smallest absolute Gasteiger partial charge is 0.161 e. The fourth-order valence-electron chi connectivity index (χ4n) is 3.78. The molecule has 0 radical (unpaired) electrons. The Labute approximate surface area is 165 Å². The molecule has 6 heteroatoms. The van der Waals surface area contributed by atoms with Crippen molar-refractivity contribution in [3.8, 4) is 17.2 Å². The van der Waals surface area contributed by atoms with Crippen molar-refractivity contribution in [2.45, 2.75) is 25.9 Å². The van der Waals surface area contributed by atoms with Gasteiger partial charge >= 0.3 is 0 Å². The monoisotopic (exact) mass is 382 g/mol. The van der Waals surface area contributed by atoms with E-state index in [2.05, 4.69) is 17.1 Å². The van der Waals surface area contributed by atoms with Crippen molar-refractivity contribution in [2.24, 2.45) is 10.2 Å². The first kappa shape index (κ1) is 19.9. The molecule has 3 rings (SSSR count). The number of nitrogens with zero attached hydrogens (tertiary/aromatic N) is 2. The molecule has 1 unspecified atom stereocenters.